The van der Waals surface area contributed by atoms with E-state index < -0.39 is 0 Å². The van der Waals surface area contributed by atoms with Crippen molar-refractivity contribution in [1.29, 1.82) is 0 Å². The number of fused-ring (bicyclic) bond motifs is 1. The smallest absolute Gasteiger partial charge is 0.257 e. The molecular weight excluding hydrogens is 192 g/mol. The highest BCUT2D eigenvalue weighted by atomic mass is 16.2. The van der Waals surface area contributed by atoms with Crippen LogP contribution in [-0.2, 0) is 4.79 Å². The standard InChI is InChI=1S/C11H12N2O2/c1-8(14)13-7-12(2)11(15)9-5-3-4-6-10(9)13/h3-6H,7H2,1-2H3. The Hall–Kier alpha value is -1.84. The molecule has 1 aromatic carbocycles. The maximum Gasteiger partial charge on any atom is 0.257 e. The molecule has 0 atom stereocenters. The number of anilines is 1. The lowest BCUT2D eigenvalue weighted by Gasteiger charge is -2.33. The molecule has 0 radical (unpaired) electrons. The van der Waals surface area contributed by atoms with Gasteiger partial charge in [0.15, 0.2) is 0 Å². The first-order valence-corrected chi connectivity index (χ1v) is 4.74. The summed E-state index contributed by atoms with van der Waals surface area (Å²) in [6, 6.07) is 7.16. The van der Waals surface area contributed by atoms with Crippen LogP contribution in [0.5, 0.6) is 0 Å². The van der Waals surface area contributed by atoms with E-state index in [2.05, 4.69) is 0 Å². The van der Waals surface area contributed by atoms with Crippen LogP contribution >= 0.6 is 0 Å². The van der Waals surface area contributed by atoms with Crippen molar-refractivity contribution in [3.8, 4) is 0 Å². The highest BCUT2D eigenvalue weighted by molar-refractivity contribution is 6.06. The Morgan fingerprint density at radius 1 is 1.33 bits per heavy atom. The van der Waals surface area contributed by atoms with Gasteiger partial charge in [-0.15, -0.1) is 0 Å². The molecule has 0 unspecified atom stereocenters. The normalized spacial score (nSPS) is 15.2. The van der Waals surface area contributed by atoms with Crippen LogP contribution in [0, 0.1) is 0 Å². The average Bonchev–Trinajstić information content (AvgIpc) is 2.23. The number of nitrogens with zero attached hydrogens (tertiary/aromatic N) is 2. The van der Waals surface area contributed by atoms with Crippen molar-refractivity contribution >= 4 is 17.5 Å². The largest absolute Gasteiger partial charge is 0.323 e. The Morgan fingerprint density at radius 3 is 2.67 bits per heavy atom. The molecule has 0 fully saturated rings. The van der Waals surface area contributed by atoms with E-state index in [9.17, 15) is 9.59 Å². The topological polar surface area (TPSA) is 40.6 Å². The van der Waals surface area contributed by atoms with Crippen LogP contribution < -0.4 is 4.90 Å². The SMILES string of the molecule is CC(=O)N1CN(C)C(=O)c2ccccc21. The van der Waals surface area contributed by atoms with Crippen LogP contribution in [0.4, 0.5) is 5.69 Å². The van der Waals surface area contributed by atoms with Crippen molar-refractivity contribution in [1.82, 2.24) is 4.90 Å². The molecule has 0 saturated carbocycles. The van der Waals surface area contributed by atoms with Gasteiger partial charge in [-0.3, -0.25) is 14.5 Å². The Balaban J connectivity index is 2.54. The number of amides is 2. The summed E-state index contributed by atoms with van der Waals surface area (Å²) in [5.41, 5.74) is 1.29. The van der Waals surface area contributed by atoms with Crippen LogP contribution in [0.25, 0.3) is 0 Å². The van der Waals surface area contributed by atoms with Gasteiger partial charge in [0.1, 0.15) is 6.67 Å². The lowest BCUT2D eigenvalue weighted by molar-refractivity contribution is -0.116. The van der Waals surface area contributed by atoms with Crippen LogP contribution in [0.15, 0.2) is 24.3 Å². The zero-order valence-electron chi connectivity index (χ0n) is 8.73. The molecule has 0 spiro atoms. The van der Waals surface area contributed by atoms with E-state index in [0.29, 0.717) is 17.9 Å². The molecule has 1 aliphatic rings. The van der Waals surface area contributed by atoms with Gasteiger partial charge in [-0.2, -0.15) is 0 Å². The molecule has 0 bridgehead atoms. The van der Waals surface area contributed by atoms with Gasteiger partial charge < -0.3 is 4.90 Å². The molecule has 1 heterocycles. The molecule has 0 aliphatic carbocycles. The fraction of sp³-hybridized carbons (Fsp3) is 0.273. The minimum absolute atomic E-state index is 0.0388. The number of rotatable bonds is 0. The zero-order valence-corrected chi connectivity index (χ0v) is 8.73. The van der Waals surface area contributed by atoms with Crippen molar-refractivity contribution in [3.63, 3.8) is 0 Å². The van der Waals surface area contributed by atoms with Crippen molar-refractivity contribution < 1.29 is 9.59 Å². The molecule has 78 valence electrons. The second-order valence-electron chi connectivity index (χ2n) is 3.61. The number of para-hydroxylation sites is 1. The molecular formula is C11H12N2O2. The van der Waals surface area contributed by atoms with Gasteiger partial charge in [-0.25, -0.2) is 0 Å². The Morgan fingerprint density at radius 2 is 2.00 bits per heavy atom. The molecule has 4 nitrogen and oxygen atoms in total. The summed E-state index contributed by atoms with van der Waals surface area (Å²) in [4.78, 5) is 26.3. The van der Waals surface area contributed by atoms with Crippen molar-refractivity contribution in [2.24, 2.45) is 0 Å². The Labute approximate surface area is 88.1 Å². The van der Waals surface area contributed by atoms with Crippen molar-refractivity contribution in [2.75, 3.05) is 18.6 Å². The third kappa shape index (κ3) is 1.48. The highest BCUT2D eigenvalue weighted by Crippen LogP contribution is 2.26. The van der Waals surface area contributed by atoms with Crippen LogP contribution in [0.2, 0.25) is 0 Å². The predicted molar refractivity (Wildman–Crippen MR) is 56.6 cm³/mol. The molecule has 15 heavy (non-hydrogen) atoms. The monoisotopic (exact) mass is 204 g/mol. The van der Waals surface area contributed by atoms with Gasteiger partial charge >= 0.3 is 0 Å². The molecule has 4 heteroatoms. The number of hydrogen-bond acceptors (Lipinski definition) is 2. The first-order valence-electron chi connectivity index (χ1n) is 4.74. The Kier molecular flexibility index (Phi) is 2.19. The maximum absolute atomic E-state index is 11.8. The van der Waals surface area contributed by atoms with Crippen LogP contribution in [0.1, 0.15) is 17.3 Å². The van der Waals surface area contributed by atoms with E-state index in [0.717, 1.165) is 0 Å². The van der Waals surface area contributed by atoms with E-state index in [1.807, 2.05) is 6.07 Å². The highest BCUT2D eigenvalue weighted by Gasteiger charge is 2.28. The molecule has 1 aliphatic heterocycles. The third-order valence-corrected chi connectivity index (χ3v) is 2.51. The minimum atomic E-state index is -0.0539. The van der Waals surface area contributed by atoms with E-state index in [1.165, 1.54) is 11.8 Å². The summed E-state index contributed by atoms with van der Waals surface area (Å²) in [6.07, 6.45) is 0. The lowest BCUT2D eigenvalue weighted by Crippen LogP contribution is -2.46. The van der Waals surface area contributed by atoms with E-state index >= 15 is 0 Å². The Bertz CT molecular complexity index is 428. The van der Waals surface area contributed by atoms with Crippen LogP contribution in [-0.4, -0.2) is 30.4 Å². The summed E-state index contributed by atoms with van der Waals surface area (Å²) in [5.74, 6) is -0.0927. The molecule has 0 aromatic heterocycles. The van der Waals surface area contributed by atoms with Gasteiger partial charge in [0.25, 0.3) is 5.91 Å². The third-order valence-electron chi connectivity index (χ3n) is 2.51. The van der Waals surface area contributed by atoms with Gasteiger partial charge in [-0.1, -0.05) is 12.1 Å². The average molecular weight is 204 g/mol. The first kappa shape index (κ1) is 9.71. The van der Waals surface area contributed by atoms with E-state index in [1.54, 1.807) is 30.1 Å². The fourth-order valence-electron chi connectivity index (χ4n) is 1.72. The number of carbonyl (C=O) groups excluding carboxylic acids is 2. The van der Waals surface area contributed by atoms with Gasteiger partial charge in [0, 0.05) is 14.0 Å². The first-order chi connectivity index (χ1) is 7.11. The maximum atomic E-state index is 11.8. The number of hydrogen-bond donors (Lipinski definition) is 0. The second kappa shape index (κ2) is 3.38. The molecule has 1 aromatic rings. The molecule has 0 N–H and O–H groups in total. The van der Waals surface area contributed by atoms with Gasteiger partial charge in [0.2, 0.25) is 5.91 Å². The summed E-state index contributed by atoms with van der Waals surface area (Å²) in [5, 5.41) is 0. The van der Waals surface area contributed by atoms with Crippen LogP contribution in [0.3, 0.4) is 0 Å². The molecule has 2 rings (SSSR count). The van der Waals surface area contributed by atoms with Gasteiger partial charge in [-0.05, 0) is 12.1 Å². The number of carbonyl (C=O) groups is 2. The van der Waals surface area contributed by atoms with Crippen molar-refractivity contribution in [2.45, 2.75) is 6.92 Å². The summed E-state index contributed by atoms with van der Waals surface area (Å²) in [7, 11) is 1.69. The fourth-order valence-corrected chi connectivity index (χ4v) is 1.72. The summed E-state index contributed by atoms with van der Waals surface area (Å²) in [6.45, 7) is 1.82. The second-order valence-corrected chi connectivity index (χ2v) is 3.61. The zero-order chi connectivity index (χ0) is 11.0. The van der Waals surface area contributed by atoms with Crippen molar-refractivity contribution in [3.05, 3.63) is 29.8 Å². The van der Waals surface area contributed by atoms with E-state index in [-0.39, 0.29) is 11.8 Å². The minimum Gasteiger partial charge on any atom is -0.323 e. The summed E-state index contributed by atoms with van der Waals surface area (Å²) < 4.78 is 0. The lowest BCUT2D eigenvalue weighted by atomic mass is 10.1. The quantitative estimate of drug-likeness (QED) is 0.634. The van der Waals surface area contributed by atoms with Gasteiger partial charge in [0.05, 0.1) is 11.3 Å². The predicted octanol–water partition coefficient (Wildman–Crippen LogP) is 1.08. The molecule has 2 amide bonds. The molecule has 0 saturated heterocycles. The number of benzene rings is 1. The van der Waals surface area contributed by atoms with E-state index in [4.69, 9.17) is 0 Å². The summed E-state index contributed by atoms with van der Waals surface area (Å²) >= 11 is 0.